The molecule has 0 aliphatic heterocycles. The maximum absolute atomic E-state index is 11.5. The van der Waals surface area contributed by atoms with E-state index in [0.717, 1.165) is 0 Å². The predicted molar refractivity (Wildman–Crippen MR) is 57.1 cm³/mol. The Bertz CT molecular complexity index is 233. The molecule has 0 aliphatic carbocycles. The second-order valence-corrected chi connectivity index (χ2v) is 3.13. The number of carbonyl (C=O) groups is 2. The van der Waals surface area contributed by atoms with Crippen molar-refractivity contribution in [1.29, 1.82) is 0 Å². The summed E-state index contributed by atoms with van der Waals surface area (Å²) in [7, 11) is 1.29. The van der Waals surface area contributed by atoms with Crippen LogP contribution in [-0.2, 0) is 14.3 Å². The van der Waals surface area contributed by atoms with Crippen molar-refractivity contribution in [2.24, 2.45) is 5.73 Å². The largest absolute Gasteiger partial charge is 0.468 e. The van der Waals surface area contributed by atoms with Gasteiger partial charge in [0.25, 0.3) is 0 Å². The van der Waals surface area contributed by atoms with E-state index in [0.29, 0.717) is 25.1 Å². The number of methoxy groups -OCH3 is 1. The highest BCUT2D eigenvalue weighted by molar-refractivity contribution is 5.82. The Morgan fingerprint density at radius 3 is 2.40 bits per heavy atom. The SMILES string of the molecule is C=C(CN)CN(CC(=O)OC)C(=O)CC. The van der Waals surface area contributed by atoms with E-state index in [-0.39, 0.29) is 12.5 Å². The van der Waals surface area contributed by atoms with Crippen LogP contribution in [0.25, 0.3) is 0 Å². The lowest BCUT2D eigenvalue weighted by Gasteiger charge is -2.21. The summed E-state index contributed by atoms with van der Waals surface area (Å²) in [6, 6.07) is 0. The van der Waals surface area contributed by atoms with Crippen molar-refractivity contribution < 1.29 is 14.3 Å². The molecule has 0 aromatic carbocycles. The Kier molecular flexibility index (Phi) is 6.37. The van der Waals surface area contributed by atoms with Crippen LogP contribution in [0.2, 0.25) is 0 Å². The molecule has 0 spiro atoms. The molecule has 2 N–H and O–H groups in total. The fourth-order valence-corrected chi connectivity index (χ4v) is 1.01. The Morgan fingerprint density at radius 1 is 1.40 bits per heavy atom. The van der Waals surface area contributed by atoms with Crippen molar-refractivity contribution in [1.82, 2.24) is 4.90 Å². The summed E-state index contributed by atoms with van der Waals surface area (Å²) in [6.07, 6.45) is 0.342. The molecule has 0 aromatic rings. The summed E-state index contributed by atoms with van der Waals surface area (Å²) >= 11 is 0. The number of nitrogens with zero attached hydrogens (tertiary/aromatic N) is 1. The topological polar surface area (TPSA) is 72.6 Å². The van der Waals surface area contributed by atoms with Crippen LogP contribution in [0.4, 0.5) is 0 Å². The molecule has 0 heterocycles. The number of nitrogens with two attached hydrogens (primary N) is 1. The van der Waals surface area contributed by atoms with Crippen LogP contribution in [-0.4, -0.2) is 43.5 Å². The quantitative estimate of drug-likeness (QED) is 0.495. The van der Waals surface area contributed by atoms with Crippen molar-refractivity contribution in [2.45, 2.75) is 13.3 Å². The zero-order valence-electron chi connectivity index (χ0n) is 9.28. The molecule has 86 valence electrons. The normalized spacial score (nSPS) is 9.53. The standard InChI is InChI=1S/C10H18N2O3/c1-4-9(13)12(6-8(2)5-11)7-10(14)15-3/h2,4-7,11H2,1,3H3. The minimum Gasteiger partial charge on any atom is -0.468 e. The van der Waals surface area contributed by atoms with Crippen molar-refractivity contribution in [2.75, 3.05) is 26.7 Å². The molecule has 0 aromatic heterocycles. The van der Waals surface area contributed by atoms with Crippen LogP contribution >= 0.6 is 0 Å². The number of hydrogen-bond donors (Lipinski definition) is 1. The molecule has 5 nitrogen and oxygen atoms in total. The summed E-state index contributed by atoms with van der Waals surface area (Å²) in [5.74, 6) is -0.559. The summed E-state index contributed by atoms with van der Waals surface area (Å²) in [6.45, 7) is 5.98. The van der Waals surface area contributed by atoms with E-state index >= 15 is 0 Å². The summed E-state index contributed by atoms with van der Waals surface area (Å²) in [4.78, 5) is 23.9. The first kappa shape index (κ1) is 13.6. The van der Waals surface area contributed by atoms with Gasteiger partial charge < -0.3 is 15.4 Å². The first-order chi connectivity index (χ1) is 7.04. The first-order valence-corrected chi connectivity index (χ1v) is 4.76. The smallest absolute Gasteiger partial charge is 0.325 e. The van der Waals surface area contributed by atoms with Crippen LogP contribution in [0.5, 0.6) is 0 Å². The fourth-order valence-electron chi connectivity index (χ4n) is 1.01. The van der Waals surface area contributed by atoms with Crippen molar-refractivity contribution >= 4 is 11.9 Å². The van der Waals surface area contributed by atoms with Crippen LogP contribution < -0.4 is 5.73 Å². The molecule has 0 saturated heterocycles. The van der Waals surface area contributed by atoms with Crippen LogP contribution in [0.3, 0.4) is 0 Å². The van der Waals surface area contributed by atoms with Gasteiger partial charge in [0.05, 0.1) is 7.11 Å². The van der Waals surface area contributed by atoms with E-state index in [1.807, 2.05) is 0 Å². The van der Waals surface area contributed by atoms with Gasteiger partial charge in [-0.2, -0.15) is 0 Å². The minimum absolute atomic E-state index is 0.0534. The maximum Gasteiger partial charge on any atom is 0.325 e. The molecule has 1 amide bonds. The van der Waals surface area contributed by atoms with E-state index in [2.05, 4.69) is 11.3 Å². The van der Waals surface area contributed by atoms with Crippen LogP contribution in [0.1, 0.15) is 13.3 Å². The fraction of sp³-hybridized carbons (Fsp3) is 0.600. The van der Waals surface area contributed by atoms with Gasteiger partial charge in [0.1, 0.15) is 6.54 Å². The number of esters is 1. The number of carbonyl (C=O) groups excluding carboxylic acids is 2. The highest BCUT2D eigenvalue weighted by Crippen LogP contribution is 1.99. The summed E-state index contributed by atoms with van der Waals surface area (Å²) < 4.78 is 4.50. The number of amides is 1. The lowest BCUT2D eigenvalue weighted by atomic mass is 10.2. The van der Waals surface area contributed by atoms with Gasteiger partial charge in [-0.05, 0) is 5.57 Å². The molecular formula is C10H18N2O3. The van der Waals surface area contributed by atoms with Gasteiger partial charge in [-0.15, -0.1) is 0 Å². The maximum atomic E-state index is 11.5. The van der Waals surface area contributed by atoms with Gasteiger partial charge in [-0.1, -0.05) is 13.5 Å². The van der Waals surface area contributed by atoms with Gasteiger partial charge >= 0.3 is 5.97 Å². The van der Waals surface area contributed by atoms with Gasteiger partial charge in [0.2, 0.25) is 5.91 Å². The Morgan fingerprint density at radius 2 is 2.00 bits per heavy atom. The Hall–Kier alpha value is -1.36. The first-order valence-electron chi connectivity index (χ1n) is 4.76. The van der Waals surface area contributed by atoms with E-state index in [4.69, 9.17) is 5.73 Å². The molecule has 0 fully saturated rings. The van der Waals surface area contributed by atoms with E-state index in [1.165, 1.54) is 12.0 Å². The summed E-state index contributed by atoms with van der Waals surface area (Å²) in [5.41, 5.74) is 6.08. The van der Waals surface area contributed by atoms with Crippen molar-refractivity contribution in [3.63, 3.8) is 0 Å². The lowest BCUT2D eigenvalue weighted by Crippen LogP contribution is -2.37. The molecular weight excluding hydrogens is 196 g/mol. The van der Waals surface area contributed by atoms with Crippen molar-refractivity contribution in [3.8, 4) is 0 Å². The number of hydrogen-bond acceptors (Lipinski definition) is 4. The molecule has 0 radical (unpaired) electrons. The second kappa shape index (κ2) is 7.00. The van der Waals surface area contributed by atoms with E-state index in [9.17, 15) is 9.59 Å². The molecule has 5 heteroatoms. The molecule has 0 unspecified atom stereocenters. The molecule has 0 rings (SSSR count). The predicted octanol–water partition coefficient (Wildman–Crippen LogP) is -0.0871. The van der Waals surface area contributed by atoms with E-state index in [1.54, 1.807) is 6.92 Å². The van der Waals surface area contributed by atoms with Crippen LogP contribution in [0.15, 0.2) is 12.2 Å². The summed E-state index contributed by atoms with van der Waals surface area (Å²) in [5, 5.41) is 0. The monoisotopic (exact) mass is 214 g/mol. The van der Waals surface area contributed by atoms with Crippen molar-refractivity contribution in [3.05, 3.63) is 12.2 Å². The minimum atomic E-state index is -0.443. The highest BCUT2D eigenvalue weighted by Gasteiger charge is 2.16. The average molecular weight is 214 g/mol. The third kappa shape index (κ3) is 5.17. The molecule has 0 atom stereocenters. The van der Waals surface area contributed by atoms with Gasteiger partial charge in [-0.3, -0.25) is 9.59 Å². The second-order valence-electron chi connectivity index (χ2n) is 3.13. The average Bonchev–Trinajstić information content (AvgIpc) is 2.26. The zero-order valence-corrected chi connectivity index (χ0v) is 9.28. The number of ether oxygens (including phenoxy) is 1. The Balaban J connectivity index is 4.37. The van der Waals surface area contributed by atoms with Crippen LogP contribution in [0, 0.1) is 0 Å². The third-order valence-corrected chi connectivity index (χ3v) is 1.91. The highest BCUT2D eigenvalue weighted by atomic mass is 16.5. The lowest BCUT2D eigenvalue weighted by molar-refractivity contribution is -0.146. The molecule has 0 bridgehead atoms. The number of rotatable bonds is 6. The van der Waals surface area contributed by atoms with E-state index < -0.39 is 5.97 Å². The molecule has 0 aliphatic rings. The van der Waals surface area contributed by atoms with Gasteiger partial charge in [-0.25, -0.2) is 0 Å². The third-order valence-electron chi connectivity index (χ3n) is 1.91. The van der Waals surface area contributed by atoms with Gasteiger partial charge in [0.15, 0.2) is 0 Å². The molecule has 0 saturated carbocycles. The van der Waals surface area contributed by atoms with Gasteiger partial charge in [0, 0.05) is 19.5 Å². The molecule has 15 heavy (non-hydrogen) atoms. The zero-order chi connectivity index (χ0) is 11.8. The Labute approximate surface area is 89.9 Å².